The van der Waals surface area contributed by atoms with E-state index in [0.717, 1.165) is 0 Å². The van der Waals surface area contributed by atoms with Gasteiger partial charge in [0.2, 0.25) is 5.92 Å². The van der Waals surface area contributed by atoms with Crippen LogP contribution in [-0.2, 0) is 4.74 Å². The van der Waals surface area contributed by atoms with Crippen LogP contribution >= 0.6 is 0 Å². The molecule has 0 aromatic rings. The van der Waals surface area contributed by atoms with Crippen LogP contribution in [0.15, 0.2) is 0 Å². The number of rotatable bonds is 3. The Bertz CT molecular complexity index is 161. The third-order valence-corrected chi connectivity index (χ3v) is 2.44. The van der Waals surface area contributed by atoms with E-state index < -0.39 is 11.3 Å². The van der Waals surface area contributed by atoms with E-state index in [2.05, 4.69) is 0 Å². The first-order valence-corrected chi connectivity index (χ1v) is 4.01. The molecule has 0 radical (unpaired) electrons. The normalized spacial score (nSPS) is 34.0. The molecule has 0 aromatic heterocycles. The van der Waals surface area contributed by atoms with Crippen molar-refractivity contribution < 1.29 is 18.6 Å². The maximum Gasteiger partial charge on any atom is 0.248 e. The Morgan fingerprint density at radius 1 is 1.42 bits per heavy atom. The number of aliphatic hydroxyl groups excluding tert-OH is 1. The van der Waals surface area contributed by atoms with Crippen molar-refractivity contribution in [3.8, 4) is 0 Å². The van der Waals surface area contributed by atoms with Gasteiger partial charge in [0, 0.05) is 25.4 Å². The summed E-state index contributed by atoms with van der Waals surface area (Å²) in [5, 5.41) is 8.97. The van der Waals surface area contributed by atoms with E-state index in [0.29, 0.717) is 6.42 Å². The second-order valence-corrected chi connectivity index (χ2v) is 3.62. The van der Waals surface area contributed by atoms with Crippen molar-refractivity contribution in [2.45, 2.75) is 25.2 Å². The molecule has 1 saturated carbocycles. The first-order chi connectivity index (χ1) is 5.54. The van der Waals surface area contributed by atoms with Crippen molar-refractivity contribution in [1.29, 1.82) is 0 Å². The molecule has 0 amide bonds. The molecular formula is C8H14F2O2. The Kier molecular flexibility index (Phi) is 2.68. The molecule has 0 saturated heterocycles. The number of aliphatic hydroxyl groups is 1. The molecule has 12 heavy (non-hydrogen) atoms. The SMILES string of the molecule is COCC1(CO)CCC(F)(F)C1. The highest BCUT2D eigenvalue weighted by atomic mass is 19.3. The van der Waals surface area contributed by atoms with E-state index in [1.165, 1.54) is 7.11 Å². The van der Waals surface area contributed by atoms with Gasteiger partial charge in [-0.3, -0.25) is 0 Å². The first kappa shape index (κ1) is 9.86. The number of methoxy groups -OCH3 is 1. The number of hydrogen-bond donors (Lipinski definition) is 1. The van der Waals surface area contributed by atoms with E-state index in [-0.39, 0.29) is 26.1 Å². The summed E-state index contributed by atoms with van der Waals surface area (Å²) in [5.74, 6) is -2.61. The van der Waals surface area contributed by atoms with Crippen LogP contribution in [0.1, 0.15) is 19.3 Å². The summed E-state index contributed by atoms with van der Waals surface area (Å²) >= 11 is 0. The molecule has 4 heteroatoms. The molecule has 1 aliphatic rings. The Hall–Kier alpha value is -0.220. The van der Waals surface area contributed by atoms with Gasteiger partial charge in [0.25, 0.3) is 0 Å². The first-order valence-electron chi connectivity index (χ1n) is 4.01. The number of halogens is 2. The molecule has 0 heterocycles. The van der Waals surface area contributed by atoms with Gasteiger partial charge in [-0.25, -0.2) is 8.78 Å². The van der Waals surface area contributed by atoms with Crippen LogP contribution < -0.4 is 0 Å². The Labute approximate surface area is 70.5 Å². The molecule has 1 fully saturated rings. The minimum Gasteiger partial charge on any atom is -0.396 e. The fraction of sp³-hybridized carbons (Fsp3) is 1.00. The zero-order valence-corrected chi connectivity index (χ0v) is 7.15. The van der Waals surface area contributed by atoms with Gasteiger partial charge in [0.1, 0.15) is 0 Å². The summed E-state index contributed by atoms with van der Waals surface area (Å²) in [6.45, 7) is 0.00944. The highest BCUT2D eigenvalue weighted by Crippen LogP contribution is 2.47. The second-order valence-electron chi connectivity index (χ2n) is 3.62. The number of alkyl halides is 2. The standard InChI is InChI=1S/C8H14F2O2/c1-12-6-7(5-11)2-3-8(9,10)4-7/h11H,2-6H2,1H3. The summed E-state index contributed by atoms with van der Waals surface area (Å²) in [7, 11) is 1.47. The summed E-state index contributed by atoms with van der Waals surface area (Å²) in [5.41, 5.74) is -0.696. The van der Waals surface area contributed by atoms with Crippen LogP contribution in [0.4, 0.5) is 8.78 Å². The van der Waals surface area contributed by atoms with Gasteiger partial charge in [-0.15, -0.1) is 0 Å². The molecular weight excluding hydrogens is 166 g/mol. The second kappa shape index (κ2) is 3.26. The van der Waals surface area contributed by atoms with Crippen molar-refractivity contribution in [2.24, 2.45) is 5.41 Å². The smallest absolute Gasteiger partial charge is 0.248 e. The Morgan fingerprint density at radius 2 is 2.08 bits per heavy atom. The van der Waals surface area contributed by atoms with Crippen LogP contribution in [0.3, 0.4) is 0 Å². The fourth-order valence-electron chi connectivity index (χ4n) is 1.78. The molecule has 72 valence electrons. The molecule has 2 nitrogen and oxygen atoms in total. The largest absolute Gasteiger partial charge is 0.396 e. The molecule has 0 aromatic carbocycles. The van der Waals surface area contributed by atoms with Crippen LogP contribution in [0.25, 0.3) is 0 Å². The maximum atomic E-state index is 12.8. The molecule has 1 unspecified atom stereocenters. The minimum atomic E-state index is -2.61. The van der Waals surface area contributed by atoms with E-state index in [1.54, 1.807) is 0 Å². The van der Waals surface area contributed by atoms with Gasteiger partial charge in [-0.1, -0.05) is 0 Å². The van der Waals surface area contributed by atoms with Crippen molar-refractivity contribution in [3.05, 3.63) is 0 Å². The molecule has 1 rings (SSSR count). The fourth-order valence-corrected chi connectivity index (χ4v) is 1.78. The monoisotopic (exact) mass is 180 g/mol. The van der Waals surface area contributed by atoms with Gasteiger partial charge < -0.3 is 9.84 Å². The van der Waals surface area contributed by atoms with E-state index >= 15 is 0 Å². The van der Waals surface area contributed by atoms with Crippen LogP contribution in [0.5, 0.6) is 0 Å². The zero-order chi connectivity index (χ0) is 9.24. The predicted molar refractivity (Wildman–Crippen MR) is 40.2 cm³/mol. The van der Waals surface area contributed by atoms with E-state index in [4.69, 9.17) is 9.84 Å². The average Bonchev–Trinajstić information content (AvgIpc) is 2.29. The van der Waals surface area contributed by atoms with Gasteiger partial charge >= 0.3 is 0 Å². The quantitative estimate of drug-likeness (QED) is 0.712. The Morgan fingerprint density at radius 3 is 2.42 bits per heavy atom. The Balaban J connectivity index is 2.59. The van der Waals surface area contributed by atoms with Gasteiger partial charge in [0.15, 0.2) is 0 Å². The molecule has 1 atom stereocenters. The molecule has 1 N–H and O–H groups in total. The highest BCUT2D eigenvalue weighted by Gasteiger charge is 2.49. The minimum absolute atomic E-state index is 0.128. The van der Waals surface area contributed by atoms with Gasteiger partial charge in [0.05, 0.1) is 13.2 Å². The lowest BCUT2D eigenvalue weighted by atomic mass is 9.88. The third-order valence-electron chi connectivity index (χ3n) is 2.44. The van der Waals surface area contributed by atoms with Gasteiger partial charge in [-0.2, -0.15) is 0 Å². The number of ether oxygens (including phenoxy) is 1. The lowest BCUT2D eigenvalue weighted by Crippen LogP contribution is -2.29. The molecule has 0 spiro atoms. The zero-order valence-electron chi connectivity index (χ0n) is 7.15. The van der Waals surface area contributed by atoms with E-state index in [1.807, 2.05) is 0 Å². The topological polar surface area (TPSA) is 29.5 Å². The van der Waals surface area contributed by atoms with E-state index in [9.17, 15) is 8.78 Å². The van der Waals surface area contributed by atoms with Gasteiger partial charge in [-0.05, 0) is 6.42 Å². The van der Waals surface area contributed by atoms with Crippen molar-refractivity contribution >= 4 is 0 Å². The van der Waals surface area contributed by atoms with Crippen molar-refractivity contribution in [2.75, 3.05) is 20.3 Å². The summed E-state index contributed by atoms with van der Waals surface area (Å²) < 4.78 is 30.4. The summed E-state index contributed by atoms with van der Waals surface area (Å²) in [6.07, 6.45) is -0.0222. The molecule has 1 aliphatic carbocycles. The lowest BCUT2D eigenvalue weighted by molar-refractivity contribution is -0.0306. The predicted octanol–water partition coefficient (Wildman–Crippen LogP) is 1.43. The lowest BCUT2D eigenvalue weighted by Gasteiger charge is -2.25. The molecule has 0 bridgehead atoms. The molecule has 0 aliphatic heterocycles. The van der Waals surface area contributed by atoms with Crippen LogP contribution in [0.2, 0.25) is 0 Å². The highest BCUT2D eigenvalue weighted by molar-refractivity contribution is 4.92. The van der Waals surface area contributed by atoms with Crippen LogP contribution in [0, 0.1) is 5.41 Å². The van der Waals surface area contributed by atoms with Crippen molar-refractivity contribution in [3.63, 3.8) is 0 Å². The number of hydrogen-bond acceptors (Lipinski definition) is 2. The average molecular weight is 180 g/mol. The van der Waals surface area contributed by atoms with Crippen LogP contribution in [-0.4, -0.2) is 31.4 Å². The summed E-state index contributed by atoms with van der Waals surface area (Å²) in [4.78, 5) is 0. The van der Waals surface area contributed by atoms with Crippen molar-refractivity contribution in [1.82, 2.24) is 0 Å². The third kappa shape index (κ3) is 1.93. The maximum absolute atomic E-state index is 12.8. The summed E-state index contributed by atoms with van der Waals surface area (Å²) in [6, 6.07) is 0.